The summed E-state index contributed by atoms with van der Waals surface area (Å²) in [5.74, 6) is 0.908. The number of benzene rings is 2. The SMILES string of the molecule is [Cl-].c1ccc(Cn2nnnc2C(c2cccs2)N2CCc3ccccc3C2)cc1. The third kappa shape index (κ3) is 4.10. The van der Waals surface area contributed by atoms with Gasteiger partial charge in [0.05, 0.1) is 6.54 Å². The highest BCUT2D eigenvalue weighted by Crippen LogP contribution is 2.34. The average molecular weight is 423 g/mol. The predicted octanol–water partition coefficient (Wildman–Crippen LogP) is 0.935. The summed E-state index contributed by atoms with van der Waals surface area (Å²) >= 11 is 1.77. The van der Waals surface area contributed by atoms with E-state index in [4.69, 9.17) is 0 Å². The second kappa shape index (κ2) is 8.86. The molecule has 0 fully saturated rings. The highest BCUT2D eigenvalue weighted by molar-refractivity contribution is 7.10. The van der Waals surface area contributed by atoms with Gasteiger partial charge in [0.2, 0.25) is 0 Å². The Morgan fingerprint density at radius 2 is 1.72 bits per heavy atom. The molecular formula is C22H21ClN5S-. The first-order chi connectivity index (χ1) is 13.9. The summed E-state index contributed by atoms with van der Waals surface area (Å²) in [6, 6.07) is 23.5. The third-order valence-electron chi connectivity index (χ3n) is 5.32. The van der Waals surface area contributed by atoms with Crippen molar-refractivity contribution in [3.63, 3.8) is 0 Å². The number of tetrazole rings is 1. The van der Waals surface area contributed by atoms with E-state index >= 15 is 0 Å². The van der Waals surface area contributed by atoms with Gasteiger partial charge in [0, 0.05) is 18.0 Å². The fraction of sp³-hybridized carbons (Fsp3) is 0.227. The van der Waals surface area contributed by atoms with Crippen molar-refractivity contribution in [1.82, 2.24) is 25.1 Å². The largest absolute Gasteiger partial charge is 1.00 e. The number of halogens is 1. The lowest BCUT2D eigenvalue weighted by molar-refractivity contribution is -0.00000566. The van der Waals surface area contributed by atoms with E-state index in [0.717, 1.165) is 25.3 Å². The van der Waals surface area contributed by atoms with Crippen LogP contribution < -0.4 is 12.4 Å². The smallest absolute Gasteiger partial charge is 0.174 e. The topological polar surface area (TPSA) is 46.8 Å². The highest BCUT2D eigenvalue weighted by Gasteiger charge is 2.31. The summed E-state index contributed by atoms with van der Waals surface area (Å²) in [7, 11) is 0. The van der Waals surface area contributed by atoms with Crippen molar-refractivity contribution in [2.24, 2.45) is 0 Å². The summed E-state index contributed by atoms with van der Waals surface area (Å²) in [5, 5.41) is 14.9. The molecule has 5 rings (SSSR count). The molecule has 148 valence electrons. The lowest BCUT2D eigenvalue weighted by Crippen LogP contribution is -3.00. The van der Waals surface area contributed by atoms with Gasteiger partial charge < -0.3 is 12.4 Å². The van der Waals surface area contributed by atoms with E-state index in [1.807, 2.05) is 10.7 Å². The van der Waals surface area contributed by atoms with Gasteiger partial charge in [0.25, 0.3) is 0 Å². The quantitative estimate of drug-likeness (QED) is 0.480. The molecule has 0 amide bonds. The van der Waals surface area contributed by atoms with Gasteiger partial charge in [-0.1, -0.05) is 60.7 Å². The Bertz CT molecular complexity index is 1050. The molecule has 0 bridgehead atoms. The van der Waals surface area contributed by atoms with Crippen molar-refractivity contribution >= 4 is 11.3 Å². The van der Waals surface area contributed by atoms with Gasteiger partial charge in [0.15, 0.2) is 5.82 Å². The number of nitrogens with zero attached hydrogens (tertiary/aromatic N) is 5. The zero-order valence-electron chi connectivity index (χ0n) is 15.9. The minimum absolute atomic E-state index is 0. The Kier molecular flexibility index (Phi) is 6.04. The fourth-order valence-electron chi connectivity index (χ4n) is 3.93. The molecular weight excluding hydrogens is 402 g/mol. The number of hydrogen-bond acceptors (Lipinski definition) is 5. The van der Waals surface area contributed by atoms with Crippen LogP contribution in [0.15, 0.2) is 72.1 Å². The summed E-state index contributed by atoms with van der Waals surface area (Å²) < 4.78 is 1.94. The van der Waals surface area contributed by atoms with Crippen molar-refractivity contribution in [1.29, 1.82) is 0 Å². The van der Waals surface area contributed by atoms with Gasteiger partial charge in [-0.2, -0.15) is 0 Å². The Balaban J connectivity index is 0.00000205. The molecule has 0 radical (unpaired) electrons. The molecule has 1 unspecified atom stereocenters. The molecule has 1 aliphatic heterocycles. The first kappa shape index (κ1) is 19.8. The Hall–Kier alpha value is -2.54. The van der Waals surface area contributed by atoms with Crippen molar-refractivity contribution in [2.45, 2.75) is 25.6 Å². The number of thiophene rings is 1. The van der Waals surface area contributed by atoms with Crippen molar-refractivity contribution < 1.29 is 12.4 Å². The third-order valence-corrected chi connectivity index (χ3v) is 6.24. The normalized spacial score (nSPS) is 14.8. The van der Waals surface area contributed by atoms with E-state index in [1.54, 1.807) is 11.3 Å². The van der Waals surface area contributed by atoms with E-state index < -0.39 is 0 Å². The van der Waals surface area contributed by atoms with Gasteiger partial charge in [-0.3, -0.25) is 4.90 Å². The maximum Gasteiger partial charge on any atom is 0.174 e. The number of hydrogen-bond donors (Lipinski definition) is 0. The van der Waals surface area contributed by atoms with Gasteiger partial charge in [-0.25, -0.2) is 4.68 Å². The molecule has 1 aliphatic rings. The van der Waals surface area contributed by atoms with E-state index in [9.17, 15) is 0 Å². The van der Waals surface area contributed by atoms with Gasteiger partial charge in [-0.15, -0.1) is 16.4 Å². The van der Waals surface area contributed by atoms with Gasteiger partial charge in [0.1, 0.15) is 6.04 Å². The fourth-order valence-corrected chi connectivity index (χ4v) is 4.79. The van der Waals surface area contributed by atoms with Crippen LogP contribution in [-0.2, 0) is 19.5 Å². The summed E-state index contributed by atoms with van der Waals surface area (Å²) in [5.41, 5.74) is 4.05. The molecule has 0 saturated carbocycles. The average Bonchev–Trinajstić information content (AvgIpc) is 3.42. The molecule has 29 heavy (non-hydrogen) atoms. The first-order valence-corrected chi connectivity index (χ1v) is 10.4. The van der Waals surface area contributed by atoms with Crippen LogP contribution in [-0.4, -0.2) is 31.7 Å². The summed E-state index contributed by atoms with van der Waals surface area (Å²) in [6.45, 7) is 2.59. The predicted molar refractivity (Wildman–Crippen MR) is 110 cm³/mol. The van der Waals surface area contributed by atoms with Crippen molar-refractivity contribution in [2.75, 3.05) is 6.54 Å². The second-order valence-electron chi connectivity index (χ2n) is 7.09. The van der Waals surface area contributed by atoms with Crippen LogP contribution >= 0.6 is 11.3 Å². The van der Waals surface area contributed by atoms with E-state index in [0.29, 0.717) is 6.54 Å². The maximum atomic E-state index is 4.47. The van der Waals surface area contributed by atoms with Crippen LogP contribution in [0.2, 0.25) is 0 Å². The Morgan fingerprint density at radius 1 is 0.931 bits per heavy atom. The van der Waals surface area contributed by atoms with Gasteiger partial charge >= 0.3 is 0 Å². The highest BCUT2D eigenvalue weighted by atomic mass is 35.5. The molecule has 7 heteroatoms. The second-order valence-corrected chi connectivity index (χ2v) is 8.07. The molecule has 3 heterocycles. The minimum atomic E-state index is 0. The number of aromatic nitrogens is 4. The van der Waals surface area contributed by atoms with E-state index in [2.05, 4.69) is 86.5 Å². The van der Waals surface area contributed by atoms with Crippen LogP contribution in [0.1, 0.15) is 33.4 Å². The Labute approximate surface area is 180 Å². The van der Waals surface area contributed by atoms with Crippen molar-refractivity contribution in [3.05, 3.63) is 99.5 Å². The number of rotatable bonds is 5. The number of fused-ring (bicyclic) bond motifs is 1. The summed E-state index contributed by atoms with van der Waals surface area (Å²) in [4.78, 5) is 3.78. The zero-order valence-corrected chi connectivity index (χ0v) is 17.4. The lowest BCUT2D eigenvalue weighted by atomic mass is 9.98. The van der Waals surface area contributed by atoms with Crippen LogP contribution in [0.4, 0.5) is 0 Å². The molecule has 1 atom stereocenters. The molecule has 0 spiro atoms. The molecule has 4 aromatic rings. The van der Waals surface area contributed by atoms with Crippen LogP contribution in [0.5, 0.6) is 0 Å². The standard InChI is InChI=1S/C22H21N5S.ClH/c1-2-7-17(8-3-1)15-27-22(23-24-25-27)21(20-11-6-14-28-20)26-13-12-18-9-4-5-10-19(18)16-26;/h1-11,14,21H,12-13,15-16H2;1H/p-1. The van der Waals surface area contributed by atoms with Crippen molar-refractivity contribution in [3.8, 4) is 0 Å². The van der Waals surface area contributed by atoms with E-state index in [1.165, 1.54) is 21.6 Å². The molecule has 2 aromatic carbocycles. The van der Waals surface area contributed by atoms with Crippen LogP contribution in [0.3, 0.4) is 0 Å². The first-order valence-electron chi connectivity index (χ1n) is 9.53. The molecule has 0 saturated heterocycles. The van der Waals surface area contributed by atoms with Gasteiger partial charge in [-0.05, 0) is 45.0 Å². The van der Waals surface area contributed by atoms with E-state index in [-0.39, 0.29) is 18.4 Å². The lowest BCUT2D eigenvalue weighted by Gasteiger charge is -2.34. The molecule has 0 aliphatic carbocycles. The zero-order chi connectivity index (χ0) is 18.8. The summed E-state index contributed by atoms with van der Waals surface area (Å²) in [6.07, 6.45) is 1.05. The Morgan fingerprint density at radius 3 is 2.52 bits per heavy atom. The molecule has 5 nitrogen and oxygen atoms in total. The van der Waals surface area contributed by atoms with Crippen LogP contribution in [0.25, 0.3) is 0 Å². The van der Waals surface area contributed by atoms with Crippen LogP contribution in [0, 0.1) is 0 Å². The molecule has 2 aromatic heterocycles. The molecule has 0 N–H and O–H groups in total. The maximum absolute atomic E-state index is 4.47. The monoisotopic (exact) mass is 422 g/mol. The minimum Gasteiger partial charge on any atom is -1.00 e.